The highest BCUT2D eigenvalue weighted by molar-refractivity contribution is 5.83. The number of fused-ring (bicyclic) bond motifs is 1. The van der Waals surface area contributed by atoms with Crippen LogP contribution in [0.4, 0.5) is 5.69 Å². The molecule has 4 aromatic rings. The predicted molar refractivity (Wildman–Crippen MR) is 135 cm³/mol. The second-order valence-electron chi connectivity index (χ2n) is 9.00. The Morgan fingerprint density at radius 2 is 1.68 bits per heavy atom. The Morgan fingerprint density at radius 1 is 0.941 bits per heavy atom. The third-order valence-electron chi connectivity index (χ3n) is 6.63. The smallest absolute Gasteiger partial charge is 0.262 e. The first kappa shape index (κ1) is 21.9. The molecule has 1 aliphatic rings. The molecule has 0 saturated carbocycles. The van der Waals surface area contributed by atoms with Crippen molar-refractivity contribution in [3.8, 4) is 5.69 Å². The quantitative estimate of drug-likeness (QED) is 0.473. The molecule has 0 unspecified atom stereocenters. The lowest BCUT2D eigenvalue weighted by atomic mass is 10.1. The Labute approximate surface area is 198 Å². The Balaban J connectivity index is 1.32. The summed E-state index contributed by atoms with van der Waals surface area (Å²) >= 11 is 0. The number of para-hydroxylation sites is 1. The van der Waals surface area contributed by atoms with Crippen molar-refractivity contribution in [3.63, 3.8) is 0 Å². The average molecular weight is 456 g/mol. The summed E-state index contributed by atoms with van der Waals surface area (Å²) < 4.78 is 3.29. The van der Waals surface area contributed by atoms with Crippen molar-refractivity contribution in [2.45, 2.75) is 27.3 Å². The van der Waals surface area contributed by atoms with Gasteiger partial charge in [0, 0.05) is 38.1 Å². The fourth-order valence-corrected chi connectivity index (χ4v) is 4.73. The highest BCUT2D eigenvalue weighted by Crippen LogP contribution is 2.23. The number of aryl methyl sites for hydroxylation is 3. The minimum Gasteiger partial charge on any atom is -0.368 e. The summed E-state index contributed by atoms with van der Waals surface area (Å²) in [6, 6.07) is 18.1. The van der Waals surface area contributed by atoms with Gasteiger partial charge in [0.25, 0.3) is 5.56 Å². The molecular formula is C27H29N5O2. The van der Waals surface area contributed by atoms with E-state index in [1.807, 2.05) is 48.2 Å². The first-order valence-electron chi connectivity index (χ1n) is 11.7. The van der Waals surface area contributed by atoms with Crippen molar-refractivity contribution >= 4 is 22.5 Å². The zero-order valence-electron chi connectivity index (χ0n) is 19.9. The second kappa shape index (κ2) is 8.82. The van der Waals surface area contributed by atoms with Crippen LogP contribution in [0.1, 0.15) is 16.8 Å². The van der Waals surface area contributed by atoms with E-state index in [0.717, 1.165) is 24.3 Å². The fraction of sp³-hybridized carbons (Fsp3) is 0.296. The van der Waals surface area contributed by atoms with Crippen molar-refractivity contribution in [2.75, 3.05) is 31.1 Å². The zero-order chi connectivity index (χ0) is 23.8. The second-order valence-corrected chi connectivity index (χ2v) is 9.00. The SMILES string of the molecule is Cc1ccc(C)c(N2CCN(C(=O)Cn3ccc4c(c(C)nn4-c4ccccc4)c3=O)CC2)c1. The van der Waals surface area contributed by atoms with Crippen LogP contribution in [-0.4, -0.2) is 51.3 Å². The molecule has 0 N–H and O–H groups in total. The number of hydrogen-bond donors (Lipinski definition) is 0. The number of rotatable bonds is 4. The van der Waals surface area contributed by atoms with Gasteiger partial charge >= 0.3 is 0 Å². The third-order valence-corrected chi connectivity index (χ3v) is 6.63. The molecular weight excluding hydrogens is 426 g/mol. The molecule has 34 heavy (non-hydrogen) atoms. The lowest BCUT2D eigenvalue weighted by Gasteiger charge is -2.37. The molecule has 0 aliphatic carbocycles. The minimum atomic E-state index is -0.181. The lowest BCUT2D eigenvalue weighted by Crippen LogP contribution is -2.50. The molecule has 0 radical (unpaired) electrons. The maximum absolute atomic E-state index is 13.2. The van der Waals surface area contributed by atoms with Crippen molar-refractivity contribution < 1.29 is 4.79 Å². The van der Waals surface area contributed by atoms with Crippen LogP contribution in [0.2, 0.25) is 0 Å². The van der Waals surface area contributed by atoms with Gasteiger partial charge in [0.15, 0.2) is 0 Å². The molecule has 5 rings (SSSR count). The Bertz CT molecular complexity index is 1410. The van der Waals surface area contributed by atoms with E-state index < -0.39 is 0 Å². The first-order chi connectivity index (χ1) is 16.4. The Hall–Kier alpha value is -3.87. The predicted octanol–water partition coefficient (Wildman–Crippen LogP) is 3.46. The van der Waals surface area contributed by atoms with Crippen LogP contribution in [-0.2, 0) is 11.3 Å². The summed E-state index contributed by atoms with van der Waals surface area (Å²) in [4.78, 5) is 30.5. The van der Waals surface area contributed by atoms with Crippen LogP contribution in [0.25, 0.3) is 16.6 Å². The van der Waals surface area contributed by atoms with E-state index in [4.69, 9.17) is 0 Å². The van der Waals surface area contributed by atoms with Gasteiger partial charge in [-0.15, -0.1) is 0 Å². The molecule has 2 aromatic carbocycles. The average Bonchev–Trinajstić information content (AvgIpc) is 3.20. The van der Waals surface area contributed by atoms with Crippen LogP contribution in [0.5, 0.6) is 0 Å². The van der Waals surface area contributed by atoms with E-state index >= 15 is 0 Å². The highest BCUT2D eigenvalue weighted by Gasteiger charge is 2.23. The molecule has 2 aromatic heterocycles. The van der Waals surface area contributed by atoms with Gasteiger partial charge < -0.3 is 14.4 Å². The Morgan fingerprint density at radius 3 is 2.41 bits per heavy atom. The summed E-state index contributed by atoms with van der Waals surface area (Å²) in [7, 11) is 0. The maximum Gasteiger partial charge on any atom is 0.262 e. The first-order valence-corrected chi connectivity index (χ1v) is 11.7. The molecule has 7 heteroatoms. The molecule has 0 bridgehead atoms. The number of piperazine rings is 1. The number of pyridine rings is 1. The molecule has 1 aliphatic heterocycles. The number of nitrogens with zero attached hydrogens (tertiary/aromatic N) is 5. The van der Waals surface area contributed by atoms with Crippen molar-refractivity contribution in [1.29, 1.82) is 0 Å². The lowest BCUT2D eigenvalue weighted by molar-refractivity contribution is -0.132. The van der Waals surface area contributed by atoms with E-state index in [2.05, 4.69) is 42.0 Å². The summed E-state index contributed by atoms with van der Waals surface area (Å²) in [5, 5.41) is 5.14. The monoisotopic (exact) mass is 455 g/mol. The highest BCUT2D eigenvalue weighted by atomic mass is 16.2. The Kier molecular flexibility index (Phi) is 5.69. The maximum atomic E-state index is 13.2. The van der Waals surface area contributed by atoms with Gasteiger partial charge in [-0.25, -0.2) is 4.68 Å². The molecule has 3 heterocycles. The van der Waals surface area contributed by atoms with E-state index in [-0.39, 0.29) is 18.0 Å². The van der Waals surface area contributed by atoms with Crippen LogP contribution in [0.15, 0.2) is 65.6 Å². The van der Waals surface area contributed by atoms with Crippen molar-refractivity contribution in [2.24, 2.45) is 0 Å². The van der Waals surface area contributed by atoms with E-state index in [0.29, 0.717) is 24.2 Å². The van der Waals surface area contributed by atoms with Crippen LogP contribution in [0, 0.1) is 20.8 Å². The van der Waals surface area contributed by atoms with Crippen LogP contribution in [0.3, 0.4) is 0 Å². The molecule has 1 saturated heterocycles. The fourth-order valence-electron chi connectivity index (χ4n) is 4.73. The normalized spacial score (nSPS) is 14.1. The van der Waals surface area contributed by atoms with Crippen LogP contribution >= 0.6 is 0 Å². The molecule has 0 atom stereocenters. The van der Waals surface area contributed by atoms with Gasteiger partial charge in [-0.2, -0.15) is 5.10 Å². The zero-order valence-corrected chi connectivity index (χ0v) is 19.9. The van der Waals surface area contributed by atoms with Gasteiger partial charge in [-0.1, -0.05) is 30.3 Å². The number of aromatic nitrogens is 3. The van der Waals surface area contributed by atoms with Gasteiger partial charge in [0.1, 0.15) is 6.54 Å². The number of benzene rings is 2. The van der Waals surface area contributed by atoms with E-state index in [9.17, 15) is 9.59 Å². The van der Waals surface area contributed by atoms with Gasteiger partial charge in [-0.05, 0) is 56.2 Å². The minimum absolute atomic E-state index is 0.0323. The number of carbonyl (C=O) groups is 1. The number of amides is 1. The molecule has 174 valence electrons. The van der Waals surface area contributed by atoms with Crippen LogP contribution < -0.4 is 10.5 Å². The topological polar surface area (TPSA) is 63.4 Å². The molecule has 1 amide bonds. The van der Waals surface area contributed by atoms with Gasteiger partial charge in [0.05, 0.1) is 22.3 Å². The summed E-state index contributed by atoms with van der Waals surface area (Å²) in [6.07, 6.45) is 1.70. The summed E-state index contributed by atoms with van der Waals surface area (Å²) in [5.41, 5.74) is 5.85. The van der Waals surface area contributed by atoms with Crippen molar-refractivity contribution in [1.82, 2.24) is 19.2 Å². The third kappa shape index (κ3) is 3.98. The molecule has 7 nitrogen and oxygen atoms in total. The summed E-state index contributed by atoms with van der Waals surface area (Å²) in [5.74, 6) is -0.0323. The van der Waals surface area contributed by atoms with Gasteiger partial charge in [0.2, 0.25) is 5.91 Å². The molecule has 0 spiro atoms. The standard InChI is InChI=1S/C27H29N5O2/c1-19-9-10-20(2)24(17-19)29-13-15-30(16-14-29)25(33)18-31-12-11-23-26(27(31)34)21(3)28-32(23)22-7-5-4-6-8-22/h4-12,17H,13-16,18H2,1-3H3. The number of anilines is 1. The van der Waals surface area contributed by atoms with E-state index in [1.54, 1.807) is 10.9 Å². The van der Waals surface area contributed by atoms with Gasteiger partial charge in [-0.3, -0.25) is 9.59 Å². The number of hydrogen-bond acceptors (Lipinski definition) is 4. The summed E-state index contributed by atoms with van der Waals surface area (Å²) in [6.45, 7) is 8.96. The van der Waals surface area contributed by atoms with Crippen molar-refractivity contribution in [3.05, 3.63) is 88.0 Å². The van der Waals surface area contributed by atoms with E-state index in [1.165, 1.54) is 21.4 Å². The number of carbonyl (C=O) groups excluding carboxylic acids is 1. The largest absolute Gasteiger partial charge is 0.368 e. The molecule has 1 fully saturated rings.